The summed E-state index contributed by atoms with van der Waals surface area (Å²) >= 11 is 7.25. The summed E-state index contributed by atoms with van der Waals surface area (Å²) in [6.45, 7) is -0.0600. The van der Waals surface area contributed by atoms with Gasteiger partial charge in [-0.25, -0.2) is 0 Å². The van der Waals surface area contributed by atoms with E-state index in [0.29, 0.717) is 22.2 Å². The Labute approximate surface area is 136 Å². The van der Waals surface area contributed by atoms with E-state index in [1.807, 2.05) is 0 Å². The van der Waals surface area contributed by atoms with E-state index in [9.17, 15) is 14.4 Å². The van der Waals surface area contributed by atoms with Crippen LogP contribution >= 0.6 is 23.4 Å². The van der Waals surface area contributed by atoms with Gasteiger partial charge in [0, 0.05) is 5.02 Å². The van der Waals surface area contributed by atoms with Crippen LogP contribution in [0.15, 0.2) is 24.3 Å². The van der Waals surface area contributed by atoms with Gasteiger partial charge in [0.25, 0.3) is 0 Å². The maximum atomic E-state index is 12.0. The van der Waals surface area contributed by atoms with Crippen LogP contribution in [0.3, 0.4) is 0 Å². The number of hydrogen-bond donors (Lipinski definition) is 2. The zero-order valence-electron chi connectivity index (χ0n) is 11.6. The van der Waals surface area contributed by atoms with Crippen LogP contribution in [0, 0.1) is 0 Å². The van der Waals surface area contributed by atoms with Crippen LogP contribution in [0.2, 0.25) is 5.02 Å². The molecule has 0 aliphatic carbocycles. The van der Waals surface area contributed by atoms with Crippen molar-refractivity contribution in [2.75, 3.05) is 18.2 Å². The predicted molar refractivity (Wildman–Crippen MR) is 83.6 cm³/mol. The van der Waals surface area contributed by atoms with E-state index in [4.69, 9.17) is 16.7 Å². The highest BCUT2D eigenvalue weighted by atomic mass is 35.5. The van der Waals surface area contributed by atoms with Crippen LogP contribution in [0.5, 0.6) is 0 Å². The van der Waals surface area contributed by atoms with Crippen molar-refractivity contribution < 1.29 is 19.5 Å². The van der Waals surface area contributed by atoms with Gasteiger partial charge in [-0.15, -0.1) is 11.8 Å². The third kappa shape index (κ3) is 4.64. The number of halogens is 1. The van der Waals surface area contributed by atoms with Crippen LogP contribution in [-0.4, -0.2) is 46.0 Å². The molecule has 1 aliphatic heterocycles. The molecule has 2 rings (SSSR count). The number of rotatable bonds is 6. The highest BCUT2D eigenvalue weighted by molar-refractivity contribution is 8.00. The number of hydrogen-bond acceptors (Lipinski definition) is 4. The summed E-state index contributed by atoms with van der Waals surface area (Å²) in [7, 11) is 0. The lowest BCUT2D eigenvalue weighted by molar-refractivity contribution is -0.138. The van der Waals surface area contributed by atoms with Crippen molar-refractivity contribution in [3.05, 3.63) is 34.9 Å². The maximum Gasteiger partial charge on any atom is 0.305 e. The van der Waals surface area contributed by atoms with Gasteiger partial charge in [0.2, 0.25) is 11.8 Å². The third-order valence-corrected chi connectivity index (χ3v) is 4.34. The normalized spacial score (nSPS) is 15.7. The molecule has 22 heavy (non-hydrogen) atoms. The van der Waals surface area contributed by atoms with Gasteiger partial charge >= 0.3 is 5.97 Å². The molecule has 0 bridgehead atoms. The Kier molecular flexibility index (Phi) is 5.68. The fourth-order valence-electron chi connectivity index (χ4n) is 2.08. The van der Waals surface area contributed by atoms with Crippen molar-refractivity contribution in [1.82, 2.24) is 10.2 Å². The van der Waals surface area contributed by atoms with E-state index in [1.54, 1.807) is 24.3 Å². The first-order valence-corrected chi connectivity index (χ1v) is 8.11. The van der Waals surface area contributed by atoms with Gasteiger partial charge in [0.05, 0.1) is 24.1 Å². The van der Waals surface area contributed by atoms with Gasteiger partial charge in [0.15, 0.2) is 0 Å². The number of aliphatic carboxylic acids is 1. The predicted octanol–water partition coefficient (Wildman–Crippen LogP) is 1.50. The number of carbonyl (C=O) groups is 3. The molecular formula is C14H15ClN2O4S. The second-order valence-electron chi connectivity index (χ2n) is 4.84. The molecule has 118 valence electrons. The smallest absolute Gasteiger partial charge is 0.305 e. The minimum Gasteiger partial charge on any atom is -0.481 e. The first-order valence-electron chi connectivity index (χ1n) is 6.58. The number of benzene rings is 1. The molecule has 1 heterocycles. The van der Waals surface area contributed by atoms with Crippen molar-refractivity contribution in [2.45, 2.75) is 12.5 Å². The standard InChI is InChI=1S/C14H15ClN2O4S/c15-10-3-1-9(2-4-10)11(5-14(20)21)16-12(18)6-17-8-22-7-13(17)19/h1-4,11H,5-8H2,(H,16,18)(H,20,21)/t11-/m0/s1. The van der Waals surface area contributed by atoms with Crippen LogP contribution in [0.1, 0.15) is 18.0 Å². The third-order valence-electron chi connectivity index (χ3n) is 3.15. The Morgan fingerprint density at radius 3 is 2.59 bits per heavy atom. The fraction of sp³-hybridized carbons (Fsp3) is 0.357. The number of carboxylic acid groups (broad SMARTS) is 1. The summed E-state index contributed by atoms with van der Waals surface area (Å²) in [5.74, 6) is -0.619. The SMILES string of the molecule is O=C(O)C[C@H](NC(=O)CN1CSCC1=O)c1ccc(Cl)cc1. The monoisotopic (exact) mass is 342 g/mol. The molecule has 1 aliphatic rings. The Bertz CT molecular complexity index is 579. The summed E-state index contributed by atoms with van der Waals surface area (Å²) < 4.78 is 0. The summed E-state index contributed by atoms with van der Waals surface area (Å²) in [5.41, 5.74) is 0.655. The number of carbonyl (C=O) groups excluding carboxylic acids is 2. The largest absolute Gasteiger partial charge is 0.481 e. The fourth-order valence-corrected chi connectivity index (χ4v) is 3.11. The lowest BCUT2D eigenvalue weighted by Gasteiger charge is -2.20. The molecule has 6 nitrogen and oxygen atoms in total. The average Bonchev–Trinajstić information content (AvgIpc) is 2.84. The van der Waals surface area contributed by atoms with Gasteiger partial charge in [0.1, 0.15) is 6.54 Å². The van der Waals surface area contributed by atoms with E-state index >= 15 is 0 Å². The molecule has 1 saturated heterocycles. The van der Waals surface area contributed by atoms with E-state index in [1.165, 1.54) is 16.7 Å². The van der Waals surface area contributed by atoms with Gasteiger partial charge in [-0.3, -0.25) is 14.4 Å². The summed E-state index contributed by atoms with van der Waals surface area (Å²) in [6.07, 6.45) is -0.240. The molecule has 1 atom stereocenters. The lowest BCUT2D eigenvalue weighted by Crippen LogP contribution is -2.40. The van der Waals surface area contributed by atoms with Crippen LogP contribution < -0.4 is 5.32 Å². The molecule has 0 aromatic heterocycles. The Morgan fingerprint density at radius 2 is 2.05 bits per heavy atom. The van der Waals surface area contributed by atoms with E-state index < -0.39 is 12.0 Å². The zero-order valence-corrected chi connectivity index (χ0v) is 13.2. The Morgan fingerprint density at radius 1 is 1.36 bits per heavy atom. The van der Waals surface area contributed by atoms with E-state index in [-0.39, 0.29) is 24.8 Å². The minimum absolute atomic E-state index is 0.0600. The molecule has 0 spiro atoms. The first kappa shape index (κ1) is 16.6. The molecule has 0 unspecified atom stereocenters. The zero-order chi connectivity index (χ0) is 16.1. The number of thioether (sulfide) groups is 1. The van der Waals surface area contributed by atoms with Crippen molar-refractivity contribution in [3.63, 3.8) is 0 Å². The Hall–Kier alpha value is -1.73. The van der Waals surface area contributed by atoms with Crippen LogP contribution in [-0.2, 0) is 14.4 Å². The molecule has 2 N–H and O–H groups in total. The lowest BCUT2D eigenvalue weighted by atomic mass is 10.0. The summed E-state index contributed by atoms with van der Waals surface area (Å²) in [6, 6.07) is 5.96. The number of nitrogens with zero attached hydrogens (tertiary/aromatic N) is 1. The number of carboxylic acids is 1. The number of nitrogens with one attached hydrogen (secondary N) is 1. The quantitative estimate of drug-likeness (QED) is 0.818. The van der Waals surface area contributed by atoms with Gasteiger partial charge in [-0.1, -0.05) is 23.7 Å². The molecule has 8 heteroatoms. The van der Waals surface area contributed by atoms with Crippen molar-refractivity contribution >= 4 is 41.1 Å². The van der Waals surface area contributed by atoms with Gasteiger partial charge in [-0.2, -0.15) is 0 Å². The van der Waals surface area contributed by atoms with Crippen molar-refractivity contribution in [1.29, 1.82) is 0 Å². The summed E-state index contributed by atoms with van der Waals surface area (Å²) in [4.78, 5) is 36.0. The second kappa shape index (κ2) is 7.51. The molecule has 2 amide bonds. The van der Waals surface area contributed by atoms with Gasteiger partial charge in [-0.05, 0) is 17.7 Å². The van der Waals surface area contributed by atoms with Crippen LogP contribution in [0.4, 0.5) is 0 Å². The molecule has 1 aromatic rings. The summed E-state index contributed by atoms with van der Waals surface area (Å²) in [5, 5.41) is 12.2. The highest BCUT2D eigenvalue weighted by Crippen LogP contribution is 2.20. The number of amides is 2. The average molecular weight is 343 g/mol. The molecular weight excluding hydrogens is 328 g/mol. The second-order valence-corrected chi connectivity index (χ2v) is 6.23. The van der Waals surface area contributed by atoms with Crippen molar-refractivity contribution in [3.8, 4) is 0 Å². The van der Waals surface area contributed by atoms with Crippen molar-refractivity contribution in [2.24, 2.45) is 0 Å². The molecule has 1 fully saturated rings. The highest BCUT2D eigenvalue weighted by Gasteiger charge is 2.25. The van der Waals surface area contributed by atoms with Crippen LogP contribution in [0.25, 0.3) is 0 Å². The van der Waals surface area contributed by atoms with E-state index in [0.717, 1.165) is 0 Å². The van der Waals surface area contributed by atoms with E-state index in [2.05, 4.69) is 5.32 Å². The molecule has 1 aromatic carbocycles. The van der Waals surface area contributed by atoms with Gasteiger partial charge < -0.3 is 15.3 Å². The Balaban J connectivity index is 2.02. The minimum atomic E-state index is -1.02. The molecule has 0 radical (unpaired) electrons. The topological polar surface area (TPSA) is 86.7 Å². The molecule has 0 saturated carbocycles. The maximum absolute atomic E-state index is 12.0. The first-order chi connectivity index (χ1) is 10.5.